The van der Waals surface area contributed by atoms with Crippen LogP contribution in [0.5, 0.6) is 11.5 Å². The average molecular weight is 395 g/mol. The molecule has 1 heterocycles. The summed E-state index contributed by atoms with van der Waals surface area (Å²) >= 11 is 0. The van der Waals surface area contributed by atoms with Crippen molar-refractivity contribution in [2.45, 2.75) is 38.1 Å². The van der Waals surface area contributed by atoms with Gasteiger partial charge in [0, 0.05) is 17.8 Å². The lowest BCUT2D eigenvalue weighted by molar-refractivity contribution is -0.111. The molecule has 1 amide bonds. The number of amides is 1. The SMILES string of the molecule is COc1cc(/C=C/C(=O)Nc2ccccc2CC[C@H]2CCCCN2C)ccc1O. The van der Waals surface area contributed by atoms with Gasteiger partial charge in [-0.05, 0) is 74.7 Å². The second-order valence-corrected chi connectivity index (χ2v) is 7.58. The number of phenolic OH excluding ortho intramolecular Hbond substituents is 1. The second kappa shape index (κ2) is 10.1. The summed E-state index contributed by atoms with van der Waals surface area (Å²) in [4.78, 5) is 14.9. The van der Waals surface area contributed by atoms with Crippen LogP contribution in [-0.2, 0) is 11.2 Å². The quantitative estimate of drug-likeness (QED) is 0.680. The molecule has 0 aromatic heterocycles. The molecule has 1 fully saturated rings. The molecule has 1 aliphatic rings. The lowest BCUT2D eigenvalue weighted by Gasteiger charge is -2.32. The van der Waals surface area contributed by atoms with E-state index in [1.165, 1.54) is 44.6 Å². The Hall–Kier alpha value is -2.79. The number of nitrogens with one attached hydrogen (secondary N) is 1. The topological polar surface area (TPSA) is 61.8 Å². The minimum atomic E-state index is -0.181. The number of hydrogen-bond donors (Lipinski definition) is 2. The Morgan fingerprint density at radius 3 is 2.90 bits per heavy atom. The summed E-state index contributed by atoms with van der Waals surface area (Å²) in [6, 6.07) is 13.6. The lowest BCUT2D eigenvalue weighted by atomic mass is 9.96. The Kier molecular flexibility index (Phi) is 7.30. The zero-order valence-corrected chi connectivity index (χ0v) is 17.2. The molecule has 0 bridgehead atoms. The van der Waals surface area contributed by atoms with E-state index < -0.39 is 0 Å². The van der Waals surface area contributed by atoms with Crippen LogP contribution < -0.4 is 10.1 Å². The molecule has 1 aliphatic heterocycles. The van der Waals surface area contributed by atoms with Gasteiger partial charge in [-0.2, -0.15) is 0 Å². The molecule has 5 heteroatoms. The summed E-state index contributed by atoms with van der Waals surface area (Å²) in [5, 5.41) is 12.7. The summed E-state index contributed by atoms with van der Waals surface area (Å²) in [5.41, 5.74) is 2.81. The van der Waals surface area contributed by atoms with Gasteiger partial charge in [0.2, 0.25) is 5.91 Å². The van der Waals surface area contributed by atoms with Gasteiger partial charge in [0.25, 0.3) is 0 Å². The van der Waals surface area contributed by atoms with Crippen LogP contribution in [0.2, 0.25) is 0 Å². The number of phenols is 1. The minimum Gasteiger partial charge on any atom is -0.504 e. The van der Waals surface area contributed by atoms with Crippen molar-refractivity contribution in [2.75, 3.05) is 26.0 Å². The zero-order chi connectivity index (χ0) is 20.6. The highest BCUT2D eigenvalue weighted by Crippen LogP contribution is 2.27. The van der Waals surface area contributed by atoms with E-state index in [0.717, 1.165) is 24.1 Å². The number of ether oxygens (including phenoxy) is 1. The number of carbonyl (C=O) groups excluding carboxylic acids is 1. The molecule has 2 aromatic rings. The van der Waals surface area contributed by atoms with Crippen molar-refractivity contribution in [3.05, 3.63) is 59.7 Å². The summed E-state index contributed by atoms with van der Waals surface area (Å²) in [7, 11) is 3.71. The number of hydrogen-bond acceptors (Lipinski definition) is 4. The Morgan fingerprint density at radius 1 is 1.28 bits per heavy atom. The Morgan fingerprint density at radius 2 is 2.10 bits per heavy atom. The molecule has 0 saturated carbocycles. The van der Waals surface area contributed by atoms with E-state index in [2.05, 4.69) is 23.3 Å². The summed E-state index contributed by atoms with van der Waals surface area (Å²) < 4.78 is 5.10. The van der Waals surface area contributed by atoms with Crippen molar-refractivity contribution in [2.24, 2.45) is 0 Å². The molecule has 0 radical (unpaired) electrons. The van der Waals surface area contributed by atoms with Crippen molar-refractivity contribution in [1.29, 1.82) is 0 Å². The molecule has 154 valence electrons. The van der Waals surface area contributed by atoms with Gasteiger partial charge in [-0.1, -0.05) is 30.7 Å². The van der Waals surface area contributed by atoms with E-state index in [0.29, 0.717) is 11.8 Å². The average Bonchev–Trinajstić information content (AvgIpc) is 2.73. The number of benzene rings is 2. The third-order valence-electron chi connectivity index (χ3n) is 5.57. The molecule has 0 aliphatic carbocycles. The molecular formula is C24H30N2O3. The van der Waals surface area contributed by atoms with E-state index in [4.69, 9.17) is 4.74 Å². The number of anilines is 1. The predicted molar refractivity (Wildman–Crippen MR) is 117 cm³/mol. The molecule has 0 spiro atoms. The van der Waals surface area contributed by atoms with Crippen molar-refractivity contribution < 1.29 is 14.6 Å². The Balaban J connectivity index is 1.61. The maximum absolute atomic E-state index is 12.4. The fraction of sp³-hybridized carbons (Fsp3) is 0.375. The van der Waals surface area contributed by atoms with Crippen molar-refractivity contribution >= 4 is 17.7 Å². The van der Waals surface area contributed by atoms with Crippen molar-refractivity contribution in [3.63, 3.8) is 0 Å². The van der Waals surface area contributed by atoms with E-state index in [-0.39, 0.29) is 11.7 Å². The number of para-hydroxylation sites is 1. The molecule has 5 nitrogen and oxygen atoms in total. The van der Waals surface area contributed by atoms with E-state index >= 15 is 0 Å². The number of piperidine rings is 1. The van der Waals surface area contributed by atoms with Crippen LogP contribution >= 0.6 is 0 Å². The van der Waals surface area contributed by atoms with E-state index in [1.54, 1.807) is 24.3 Å². The highest BCUT2D eigenvalue weighted by molar-refractivity contribution is 6.02. The molecule has 2 aromatic carbocycles. The maximum atomic E-state index is 12.4. The van der Waals surface area contributed by atoms with E-state index in [9.17, 15) is 9.90 Å². The van der Waals surface area contributed by atoms with Gasteiger partial charge in [-0.3, -0.25) is 4.79 Å². The molecule has 3 rings (SSSR count). The molecule has 1 saturated heterocycles. The number of aryl methyl sites for hydroxylation is 1. The van der Waals surface area contributed by atoms with Crippen LogP contribution in [0.15, 0.2) is 48.5 Å². The van der Waals surface area contributed by atoms with E-state index in [1.807, 2.05) is 18.2 Å². The van der Waals surface area contributed by atoms with Gasteiger partial charge >= 0.3 is 0 Å². The highest BCUT2D eigenvalue weighted by atomic mass is 16.5. The molecule has 1 atom stereocenters. The van der Waals surface area contributed by atoms with Gasteiger partial charge in [0.15, 0.2) is 11.5 Å². The van der Waals surface area contributed by atoms with Crippen LogP contribution in [0, 0.1) is 0 Å². The number of aromatic hydroxyl groups is 1. The van der Waals surface area contributed by atoms with Crippen LogP contribution in [0.25, 0.3) is 6.08 Å². The van der Waals surface area contributed by atoms with Crippen LogP contribution in [0.1, 0.15) is 36.8 Å². The molecule has 0 unspecified atom stereocenters. The fourth-order valence-electron chi connectivity index (χ4n) is 3.84. The van der Waals surface area contributed by atoms with Gasteiger partial charge in [-0.15, -0.1) is 0 Å². The first-order valence-corrected chi connectivity index (χ1v) is 10.2. The number of nitrogens with zero attached hydrogens (tertiary/aromatic N) is 1. The molecule has 2 N–H and O–H groups in total. The zero-order valence-electron chi connectivity index (χ0n) is 17.2. The largest absolute Gasteiger partial charge is 0.504 e. The fourth-order valence-corrected chi connectivity index (χ4v) is 3.84. The first-order chi connectivity index (χ1) is 14.1. The minimum absolute atomic E-state index is 0.0756. The predicted octanol–water partition coefficient (Wildman–Crippen LogP) is 4.47. The monoisotopic (exact) mass is 394 g/mol. The van der Waals surface area contributed by atoms with Gasteiger partial charge in [-0.25, -0.2) is 0 Å². The van der Waals surface area contributed by atoms with Crippen LogP contribution in [0.4, 0.5) is 5.69 Å². The lowest BCUT2D eigenvalue weighted by Crippen LogP contribution is -2.36. The summed E-state index contributed by atoms with van der Waals surface area (Å²) in [6.07, 6.45) is 9.11. The second-order valence-electron chi connectivity index (χ2n) is 7.58. The number of methoxy groups -OCH3 is 1. The number of carbonyl (C=O) groups is 1. The summed E-state index contributed by atoms with van der Waals surface area (Å²) in [5.74, 6) is 0.275. The third-order valence-corrected chi connectivity index (χ3v) is 5.57. The van der Waals surface area contributed by atoms with Gasteiger partial charge in [0.05, 0.1) is 7.11 Å². The smallest absolute Gasteiger partial charge is 0.248 e. The van der Waals surface area contributed by atoms with Gasteiger partial charge < -0.3 is 20.1 Å². The van der Waals surface area contributed by atoms with Crippen molar-refractivity contribution in [1.82, 2.24) is 4.90 Å². The van der Waals surface area contributed by atoms with Crippen molar-refractivity contribution in [3.8, 4) is 11.5 Å². The molecule has 29 heavy (non-hydrogen) atoms. The normalized spacial score (nSPS) is 17.4. The number of likely N-dealkylation sites (tertiary alicyclic amines) is 1. The first kappa shape index (κ1) is 20.9. The van der Waals surface area contributed by atoms with Crippen LogP contribution in [0.3, 0.4) is 0 Å². The van der Waals surface area contributed by atoms with Gasteiger partial charge in [0.1, 0.15) is 0 Å². The Bertz CT molecular complexity index is 863. The Labute approximate surface area is 173 Å². The maximum Gasteiger partial charge on any atom is 0.248 e. The third kappa shape index (κ3) is 5.84. The van der Waals surface area contributed by atoms with Crippen LogP contribution in [-0.4, -0.2) is 42.7 Å². The molecular weight excluding hydrogens is 364 g/mol. The standard InChI is InChI=1S/C24H30N2O3/c1-26-16-6-5-8-20(26)13-12-19-7-3-4-9-21(19)25-24(28)15-11-18-10-14-22(27)23(17-18)29-2/h3-4,7,9-11,14-15,17,20,27H,5-6,8,12-13,16H2,1-2H3,(H,25,28)/b15-11+/t20-/m1/s1. The summed E-state index contributed by atoms with van der Waals surface area (Å²) in [6.45, 7) is 1.18. The highest BCUT2D eigenvalue weighted by Gasteiger charge is 2.19. The first-order valence-electron chi connectivity index (χ1n) is 10.2. The number of rotatable bonds is 7.